The third-order valence-electron chi connectivity index (χ3n) is 4.26. The van der Waals surface area contributed by atoms with E-state index < -0.39 is 0 Å². The van der Waals surface area contributed by atoms with Crippen LogP contribution in [0.5, 0.6) is 0 Å². The Bertz CT molecular complexity index is 627. The highest BCUT2D eigenvalue weighted by Crippen LogP contribution is 2.43. The first-order valence-corrected chi connectivity index (χ1v) is 7.97. The van der Waals surface area contributed by atoms with Gasteiger partial charge in [-0.3, -0.25) is 0 Å². The molecule has 1 aromatic carbocycles. The molecule has 0 radical (unpaired) electrons. The number of rotatable bonds is 5. The molecule has 1 aromatic heterocycles. The molecular weight excluding hydrogens is 258 g/mol. The molecular formula is C18H25N3. The second-order valence-corrected chi connectivity index (χ2v) is 6.27. The van der Waals surface area contributed by atoms with E-state index in [-0.39, 0.29) is 0 Å². The van der Waals surface area contributed by atoms with Crippen molar-refractivity contribution >= 4 is 0 Å². The molecule has 2 aromatic rings. The Morgan fingerprint density at radius 2 is 1.86 bits per heavy atom. The zero-order valence-corrected chi connectivity index (χ0v) is 13.5. The zero-order valence-electron chi connectivity index (χ0n) is 13.5. The molecule has 0 atom stereocenters. The second-order valence-electron chi connectivity index (χ2n) is 6.27. The molecule has 3 rings (SSSR count). The third kappa shape index (κ3) is 2.75. The maximum absolute atomic E-state index is 4.73. The van der Waals surface area contributed by atoms with Gasteiger partial charge >= 0.3 is 0 Å². The molecule has 21 heavy (non-hydrogen) atoms. The largest absolute Gasteiger partial charge is 0.313 e. The van der Waals surface area contributed by atoms with Crippen molar-refractivity contribution in [1.82, 2.24) is 15.1 Å². The van der Waals surface area contributed by atoms with Gasteiger partial charge in [-0.05, 0) is 51.3 Å². The minimum atomic E-state index is 0.696. The molecule has 1 N–H and O–H groups in total. The predicted molar refractivity (Wildman–Crippen MR) is 87.1 cm³/mol. The van der Waals surface area contributed by atoms with Gasteiger partial charge in [0.1, 0.15) is 0 Å². The summed E-state index contributed by atoms with van der Waals surface area (Å²) in [5.41, 5.74) is 8.00. The number of hydrogen-bond donors (Lipinski definition) is 1. The van der Waals surface area contributed by atoms with Gasteiger partial charge in [-0.25, -0.2) is 4.68 Å². The lowest BCUT2D eigenvalue weighted by atomic mass is 10.0. The van der Waals surface area contributed by atoms with E-state index in [9.17, 15) is 0 Å². The standard InChI is InChI=1S/C18H25N3/c1-5-19-10-16-11-20-21(18(16)15-6-7-15)17-13(3)8-12(2)9-14(17)4/h8-9,11,15,19H,5-7,10H2,1-4H3. The normalized spacial score (nSPS) is 14.7. The van der Waals surface area contributed by atoms with Gasteiger partial charge in [0.15, 0.2) is 0 Å². The summed E-state index contributed by atoms with van der Waals surface area (Å²) in [7, 11) is 0. The van der Waals surface area contributed by atoms with Crippen LogP contribution in [0, 0.1) is 20.8 Å². The average Bonchev–Trinajstić information content (AvgIpc) is 3.17. The Hall–Kier alpha value is -1.61. The predicted octanol–water partition coefficient (Wildman–Crippen LogP) is 3.78. The van der Waals surface area contributed by atoms with Crippen molar-refractivity contribution in [2.24, 2.45) is 0 Å². The summed E-state index contributed by atoms with van der Waals surface area (Å²) >= 11 is 0. The fourth-order valence-electron chi connectivity index (χ4n) is 3.26. The Labute approximate surface area is 127 Å². The Morgan fingerprint density at radius 3 is 2.43 bits per heavy atom. The van der Waals surface area contributed by atoms with Gasteiger partial charge < -0.3 is 5.32 Å². The number of aryl methyl sites for hydroxylation is 3. The van der Waals surface area contributed by atoms with Gasteiger partial charge in [0.2, 0.25) is 0 Å². The topological polar surface area (TPSA) is 29.9 Å². The molecule has 0 bridgehead atoms. The minimum absolute atomic E-state index is 0.696. The number of nitrogens with zero attached hydrogens (tertiary/aromatic N) is 2. The van der Waals surface area contributed by atoms with E-state index in [0.29, 0.717) is 5.92 Å². The smallest absolute Gasteiger partial charge is 0.0707 e. The SMILES string of the molecule is CCNCc1cnn(-c2c(C)cc(C)cc2C)c1C1CC1. The van der Waals surface area contributed by atoms with Crippen molar-refractivity contribution in [3.8, 4) is 5.69 Å². The van der Waals surface area contributed by atoms with Gasteiger partial charge in [0.25, 0.3) is 0 Å². The molecule has 1 aliphatic rings. The lowest BCUT2D eigenvalue weighted by Crippen LogP contribution is -2.13. The van der Waals surface area contributed by atoms with Gasteiger partial charge in [-0.2, -0.15) is 5.10 Å². The van der Waals surface area contributed by atoms with Crippen molar-refractivity contribution in [2.45, 2.75) is 53.0 Å². The van der Waals surface area contributed by atoms with Crippen LogP contribution in [0.15, 0.2) is 18.3 Å². The Balaban J connectivity index is 2.08. The molecule has 3 heteroatoms. The first-order valence-electron chi connectivity index (χ1n) is 7.97. The lowest BCUT2D eigenvalue weighted by Gasteiger charge is -2.15. The molecule has 3 nitrogen and oxygen atoms in total. The number of aromatic nitrogens is 2. The van der Waals surface area contributed by atoms with Crippen molar-refractivity contribution in [3.63, 3.8) is 0 Å². The van der Waals surface area contributed by atoms with Crippen molar-refractivity contribution < 1.29 is 0 Å². The summed E-state index contributed by atoms with van der Waals surface area (Å²) in [6.07, 6.45) is 4.65. The molecule has 1 aliphatic carbocycles. The summed E-state index contributed by atoms with van der Waals surface area (Å²) in [6, 6.07) is 4.51. The Morgan fingerprint density at radius 1 is 1.19 bits per heavy atom. The van der Waals surface area contributed by atoms with Gasteiger partial charge in [0, 0.05) is 18.0 Å². The van der Waals surface area contributed by atoms with Crippen LogP contribution in [-0.2, 0) is 6.54 Å². The first-order chi connectivity index (χ1) is 10.1. The number of hydrogen-bond acceptors (Lipinski definition) is 2. The van der Waals surface area contributed by atoms with Gasteiger partial charge in [-0.1, -0.05) is 24.6 Å². The molecule has 0 unspecified atom stereocenters. The van der Waals surface area contributed by atoms with Crippen LogP contribution in [0.2, 0.25) is 0 Å². The zero-order chi connectivity index (χ0) is 15.0. The molecule has 1 saturated carbocycles. The van der Waals surface area contributed by atoms with Gasteiger partial charge in [0.05, 0.1) is 17.6 Å². The molecule has 1 heterocycles. The Kier molecular flexibility index (Phi) is 3.85. The van der Waals surface area contributed by atoms with E-state index in [2.05, 4.69) is 56.0 Å². The quantitative estimate of drug-likeness (QED) is 0.905. The van der Waals surface area contributed by atoms with Crippen molar-refractivity contribution in [2.75, 3.05) is 6.54 Å². The monoisotopic (exact) mass is 283 g/mol. The molecule has 0 saturated heterocycles. The van der Waals surface area contributed by atoms with E-state index in [1.807, 2.05) is 0 Å². The van der Waals surface area contributed by atoms with Gasteiger partial charge in [-0.15, -0.1) is 0 Å². The first kappa shape index (κ1) is 14.3. The van der Waals surface area contributed by atoms with Crippen LogP contribution < -0.4 is 5.32 Å². The highest BCUT2D eigenvalue weighted by atomic mass is 15.3. The van der Waals surface area contributed by atoms with E-state index in [4.69, 9.17) is 5.10 Å². The van der Waals surface area contributed by atoms with Crippen LogP contribution in [0.3, 0.4) is 0 Å². The molecule has 0 amide bonds. The highest BCUT2D eigenvalue weighted by molar-refractivity contribution is 5.51. The van der Waals surface area contributed by atoms with E-state index in [1.54, 1.807) is 0 Å². The summed E-state index contributed by atoms with van der Waals surface area (Å²) in [5, 5.41) is 8.17. The molecule has 112 valence electrons. The third-order valence-corrected chi connectivity index (χ3v) is 4.26. The number of benzene rings is 1. The van der Waals surface area contributed by atoms with E-state index in [1.165, 1.54) is 46.5 Å². The average molecular weight is 283 g/mol. The summed E-state index contributed by atoms with van der Waals surface area (Å²) in [5.74, 6) is 0.696. The maximum atomic E-state index is 4.73. The van der Waals surface area contributed by atoms with E-state index >= 15 is 0 Å². The maximum Gasteiger partial charge on any atom is 0.0707 e. The lowest BCUT2D eigenvalue weighted by molar-refractivity contribution is 0.713. The summed E-state index contributed by atoms with van der Waals surface area (Å²) < 4.78 is 2.20. The summed E-state index contributed by atoms with van der Waals surface area (Å²) in [6.45, 7) is 10.6. The highest BCUT2D eigenvalue weighted by Gasteiger charge is 2.31. The van der Waals surface area contributed by atoms with Crippen molar-refractivity contribution in [3.05, 3.63) is 46.3 Å². The van der Waals surface area contributed by atoms with Crippen LogP contribution in [0.1, 0.15) is 53.6 Å². The van der Waals surface area contributed by atoms with E-state index in [0.717, 1.165) is 13.1 Å². The van der Waals surface area contributed by atoms with Crippen LogP contribution >= 0.6 is 0 Å². The summed E-state index contributed by atoms with van der Waals surface area (Å²) in [4.78, 5) is 0. The molecule has 0 spiro atoms. The minimum Gasteiger partial charge on any atom is -0.313 e. The van der Waals surface area contributed by atoms with Crippen LogP contribution in [-0.4, -0.2) is 16.3 Å². The number of nitrogens with one attached hydrogen (secondary N) is 1. The van der Waals surface area contributed by atoms with Crippen molar-refractivity contribution in [1.29, 1.82) is 0 Å². The molecule has 0 aliphatic heterocycles. The fourth-order valence-corrected chi connectivity index (χ4v) is 3.26. The second kappa shape index (κ2) is 5.64. The van der Waals surface area contributed by atoms with Crippen LogP contribution in [0.25, 0.3) is 5.69 Å². The van der Waals surface area contributed by atoms with Crippen LogP contribution in [0.4, 0.5) is 0 Å². The molecule has 1 fully saturated rings. The fraction of sp³-hybridized carbons (Fsp3) is 0.500.